The highest BCUT2D eigenvalue weighted by atomic mass is 16.6. The molecule has 2 heterocycles. The lowest BCUT2D eigenvalue weighted by Gasteiger charge is -2.21. The van der Waals surface area contributed by atoms with Crippen molar-refractivity contribution in [2.75, 3.05) is 27.4 Å². The minimum absolute atomic E-state index is 0.0178. The van der Waals surface area contributed by atoms with Gasteiger partial charge in [-0.25, -0.2) is 4.57 Å². The molecular weight excluding hydrogens is 504 g/mol. The van der Waals surface area contributed by atoms with Crippen molar-refractivity contribution >= 4 is 22.8 Å². The molecule has 206 valence electrons. The number of fused-ring (bicyclic) bond motifs is 1. The molecule has 0 radical (unpaired) electrons. The molecule has 0 fully saturated rings. The summed E-state index contributed by atoms with van der Waals surface area (Å²) in [6.07, 6.45) is 1.95. The number of nitrogens with zero attached hydrogens (tertiary/aromatic N) is 4. The fourth-order valence-corrected chi connectivity index (χ4v) is 4.55. The van der Waals surface area contributed by atoms with Crippen LogP contribution >= 0.6 is 0 Å². The fraction of sp³-hybridized carbons (Fsp3) is 0.357. The standard InChI is InChI=1S/C28H32N4O7/c1-16(2)19-13-21(24(33)14-20(19)22(15-38-5)27(35)36)26-29-30-28(39-25(34)9-11-37-4)32(26)18-6-7-23-17(12-18)8-10-31(23)3/h6-8,10,12-14,16,22,33H,9,11,15H2,1-5H3,(H,35,36). The van der Waals surface area contributed by atoms with E-state index < -0.39 is 17.9 Å². The topological polar surface area (TPSA) is 138 Å². The Balaban J connectivity index is 1.91. The molecule has 0 saturated heterocycles. The highest BCUT2D eigenvalue weighted by Crippen LogP contribution is 2.39. The third kappa shape index (κ3) is 5.64. The van der Waals surface area contributed by atoms with Crippen molar-refractivity contribution in [3.63, 3.8) is 0 Å². The molecule has 4 aromatic rings. The number of carboxylic acids is 1. The Kier molecular flexibility index (Phi) is 8.32. The van der Waals surface area contributed by atoms with Gasteiger partial charge in [0.25, 0.3) is 0 Å². The number of carbonyl (C=O) groups excluding carboxylic acids is 1. The van der Waals surface area contributed by atoms with Gasteiger partial charge in [-0.1, -0.05) is 18.9 Å². The number of hydrogen-bond acceptors (Lipinski definition) is 8. The third-order valence-electron chi connectivity index (χ3n) is 6.55. The number of phenols is 1. The average Bonchev–Trinajstić information content (AvgIpc) is 3.48. The molecule has 0 saturated carbocycles. The molecule has 0 aliphatic rings. The summed E-state index contributed by atoms with van der Waals surface area (Å²) in [6.45, 7) is 4.00. The Morgan fingerprint density at radius 3 is 2.46 bits per heavy atom. The smallest absolute Gasteiger partial charge is 0.329 e. The van der Waals surface area contributed by atoms with E-state index in [1.54, 1.807) is 10.6 Å². The Bertz CT molecular complexity index is 1510. The zero-order valence-electron chi connectivity index (χ0n) is 22.5. The predicted octanol–water partition coefficient (Wildman–Crippen LogP) is 4.01. The molecule has 11 nitrogen and oxygen atoms in total. The maximum absolute atomic E-state index is 12.5. The lowest BCUT2D eigenvalue weighted by atomic mass is 9.87. The molecule has 1 unspecified atom stereocenters. The van der Waals surface area contributed by atoms with Crippen molar-refractivity contribution in [3.05, 3.63) is 53.7 Å². The van der Waals surface area contributed by atoms with E-state index in [-0.39, 0.29) is 43.1 Å². The van der Waals surface area contributed by atoms with Crippen molar-refractivity contribution in [1.82, 2.24) is 19.3 Å². The normalized spacial score (nSPS) is 12.3. The van der Waals surface area contributed by atoms with Gasteiger partial charge in [0.1, 0.15) is 11.7 Å². The van der Waals surface area contributed by atoms with Crippen LogP contribution in [0.4, 0.5) is 0 Å². The van der Waals surface area contributed by atoms with Gasteiger partial charge in [0.05, 0.1) is 30.9 Å². The van der Waals surface area contributed by atoms with Crippen LogP contribution in [0.1, 0.15) is 43.2 Å². The second-order valence-electron chi connectivity index (χ2n) is 9.53. The van der Waals surface area contributed by atoms with Crippen LogP contribution in [-0.4, -0.2) is 68.9 Å². The number of aromatic hydroxyl groups is 1. The summed E-state index contributed by atoms with van der Waals surface area (Å²) < 4.78 is 19.2. The number of phenolic OH excluding ortho intramolecular Hbond substituents is 1. The monoisotopic (exact) mass is 536 g/mol. The number of methoxy groups -OCH3 is 2. The maximum Gasteiger partial charge on any atom is 0.329 e. The zero-order chi connectivity index (χ0) is 28.3. The summed E-state index contributed by atoms with van der Waals surface area (Å²) in [5, 5.41) is 30.3. The Morgan fingerprint density at radius 2 is 1.79 bits per heavy atom. The number of esters is 1. The molecule has 39 heavy (non-hydrogen) atoms. The number of aliphatic carboxylic acids is 1. The first-order valence-corrected chi connectivity index (χ1v) is 12.5. The first-order chi connectivity index (χ1) is 18.7. The van der Waals surface area contributed by atoms with Crippen molar-refractivity contribution < 1.29 is 34.0 Å². The summed E-state index contributed by atoms with van der Waals surface area (Å²) in [7, 11) is 4.86. The molecule has 2 aromatic heterocycles. The van der Waals surface area contributed by atoms with Crippen LogP contribution < -0.4 is 4.74 Å². The first kappa shape index (κ1) is 27.8. The van der Waals surface area contributed by atoms with Crippen LogP contribution in [0.2, 0.25) is 0 Å². The van der Waals surface area contributed by atoms with Crippen molar-refractivity contribution in [2.24, 2.45) is 7.05 Å². The number of rotatable bonds is 11. The number of aryl methyl sites for hydroxylation is 1. The highest BCUT2D eigenvalue weighted by Gasteiger charge is 2.28. The molecular formula is C28H32N4O7. The molecule has 0 aliphatic heterocycles. The van der Waals surface area contributed by atoms with Crippen molar-refractivity contribution in [1.29, 1.82) is 0 Å². The minimum atomic E-state index is -1.06. The van der Waals surface area contributed by atoms with Crippen LogP contribution in [-0.2, 0) is 26.1 Å². The molecule has 0 bridgehead atoms. The van der Waals surface area contributed by atoms with E-state index in [4.69, 9.17) is 14.2 Å². The van der Waals surface area contributed by atoms with E-state index in [0.29, 0.717) is 22.4 Å². The molecule has 11 heteroatoms. The number of benzene rings is 2. The van der Waals surface area contributed by atoms with Crippen molar-refractivity contribution in [2.45, 2.75) is 32.1 Å². The summed E-state index contributed by atoms with van der Waals surface area (Å²) in [5.41, 5.74) is 3.08. The Morgan fingerprint density at radius 1 is 1.03 bits per heavy atom. The summed E-state index contributed by atoms with van der Waals surface area (Å²) in [5.74, 6) is -2.63. The molecule has 2 aromatic carbocycles. The summed E-state index contributed by atoms with van der Waals surface area (Å²) in [4.78, 5) is 24.5. The molecule has 0 aliphatic carbocycles. The van der Waals surface area contributed by atoms with Gasteiger partial charge in [-0.05, 0) is 53.4 Å². The van der Waals surface area contributed by atoms with Crippen LogP contribution in [0.25, 0.3) is 28.0 Å². The van der Waals surface area contributed by atoms with E-state index in [1.807, 2.05) is 55.9 Å². The lowest BCUT2D eigenvalue weighted by molar-refractivity contribution is -0.140. The fourth-order valence-electron chi connectivity index (χ4n) is 4.55. The van der Waals surface area contributed by atoms with Gasteiger partial charge in [-0.15, -0.1) is 5.10 Å². The summed E-state index contributed by atoms with van der Waals surface area (Å²) >= 11 is 0. The molecule has 2 N–H and O–H groups in total. The Hall–Kier alpha value is -4.22. The van der Waals surface area contributed by atoms with Gasteiger partial charge in [0.15, 0.2) is 5.82 Å². The van der Waals surface area contributed by atoms with Crippen LogP contribution in [0.3, 0.4) is 0 Å². The number of carbonyl (C=O) groups is 2. The SMILES string of the molecule is COCCC(=O)Oc1nnc(-c2cc(C(C)C)c(C(COC)C(=O)O)cc2O)n1-c1ccc2c(ccn2C)c1. The van der Waals surface area contributed by atoms with E-state index in [1.165, 1.54) is 20.3 Å². The van der Waals surface area contributed by atoms with Crippen LogP contribution in [0.15, 0.2) is 42.6 Å². The van der Waals surface area contributed by atoms with Gasteiger partial charge in [-0.3, -0.25) is 9.59 Å². The maximum atomic E-state index is 12.5. The van der Waals surface area contributed by atoms with Gasteiger partial charge in [0.2, 0.25) is 0 Å². The van der Waals surface area contributed by atoms with Crippen LogP contribution in [0, 0.1) is 0 Å². The molecule has 1 atom stereocenters. The number of hydrogen-bond donors (Lipinski definition) is 2. The first-order valence-electron chi connectivity index (χ1n) is 12.5. The van der Waals surface area contributed by atoms with Gasteiger partial charge < -0.3 is 29.0 Å². The second kappa shape index (κ2) is 11.7. The number of carboxylic acid groups (broad SMARTS) is 1. The van der Waals surface area contributed by atoms with E-state index >= 15 is 0 Å². The van der Waals surface area contributed by atoms with E-state index in [9.17, 15) is 19.8 Å². The quantitative estimate of drug-likeness (QED) is 0.272. The largest absolute Gasteiger partial charge is 0.507 e. The van der Waals surface area contributed by atoms with E-state index in [0.717, 1.165) is 10.9 Å². The number of aromatic nitrogens is 4. The predicted molar refractivity (Wildman–Crippen MR) is 143 cm³/mol. The third-order valence-corrected chi connectivity index (χ3v) is 6.55. The Labute approximate surface area is 225 Å². The number of ether oxygens (including phenoxy) is 3. The van der Waals surface area contributed by atoms with Gasteiger partial charge in [-0.2, -0.15) is 0 Å². The second-order valence-corrected chi connectivity index (χ2v) is 9.53. The molecule has 0 amide bonds. The zero-order valence-corrected chi connectivity index (χ0v) is 22.5. The lowest BCUT2D eigenvalue weighted by Crippen LogP contribution is -2.19. The summed E-state index contributed by atoms with van der Waals surface area (Å²) in [6, 6.07) is 10.7. The average molecular weight is 537 g/mol. The molecule has 0 spiro atoms. The highest BCUT2D eigenvalue weighted by molar-refractivity contribution is 5.83. The van der Waals surface area contributed by atoms with E-state index in [2.05, 4.69) is 10.2 Å². The van der Waals surface area contributed by atoms with Gasteiger partial charge in [0, 0.05) is 38.4 Å². The van der Waals surface area contributed by atoms with Crippen LogP contribution in [0.5, 0.6) is 11.8 Å². The molecule has 4 rings (SSSR count). The van der Waals surface area contributed by atoms with Crippen molar-refractivity contribution in [3.8, 4) is 28.8 Å². The minimum Gasteiger partial charge on any atom is -0.507 e. The van der Waals surface area contributed by atoms with Gasteiger partial charge >= 0.3 is 17.9 Å².